The zero-order chi connectivity index (χ0) is 13.3. The smallest absolute Gasteiger partial charge is 0.0767 e. The van der Waals surface area contributed by atoms with Crippen LogP contribution >= 0.6 is 15.9 Å². The highest BCUT2D eigenvalue weighted by Gasteiger charge is 2.31. The molecule has 0 spiro atoms. The van der Waals surface area contributed by atoms with E-state index in [2.05, 4.69) is 58.4 Å². The van der Waals surface area contributed by atoms with E-state index in [1.54, 1.807) is 0 Å². The van der Waals surface area contributed by atoms with Crippen molar-refractivity contribution in [2.45, 2.75) is 59.2 Å². The van der Waals surface area contributed by atoms with E-state index in [4.69, 9.17) is 0 Å². The van der Waals surface area contributed by atoms with Crippen molar-refractivity contribution in [2.75, 3.05) is 7.05 Å². The molecule has 18 heavy (non-hydrogen) atoms. The highest BCUT2D eigenvalue weighted by Crippen LogP contribution is 2.35. The van der Waals surface area contributed by atoms with Crippen molar-refractivity contribution in [1.29, 1.82) is 0 Å². The molecule has 1 saturated carbocycles. The van der Waals surface area contributed by atoms with Gasteiger partial charge in [-0.2, -0.15) is 5.10 Å². The van der Waals surface area contributed by atoms with Crippen molar-refractivity contribution in [1.82, 2.24) is 14.7 Å². The summed E-state index contributed by atoms with van der Waals surface area (Å²) in [6.45, 7) is 8.59. The number of hydrogen-bond acceptors (Lipinski definition) is 2. The fraction of sp³-hybridized carbons (Fsp3) is 0.786. The van der Waals surface area contributed by atoms with Gasteiger partial charge in [0.15, 0.2) is 0 Å². The van der Waals surface area contributed by atoms with Crippen LogP contribution in [0.3, 0.4) is 0 Å². The first kappa shape index (κ1) is 14.1. The third kappa shape index (κ3) is 2.80. The Morgan fingerprint density at radius 3 is 2.61 bits per heavy atom. The standard InChI is InChI=1S/C14H24BrN3/c1-5-12-14(15)13(18(6-2)16-12)9-17(4)10(3)11-7-8-11/h10-11H,5-9H2,1-4H3. The van der Waals surface area contributed by atoms with Gasteiger partial charge >= 0.3 is 0 Å². The lowest BCUT2D eigenvalue weighted by molar-refractivity contribution is 0.220. The van der Waals surface area contributed by atoms with Crippen molar-refractivity contribution < 1.29 is 0 Å². The maximum absolute atomic E-state index is 4.66. The van der Waals surface area contributed by atoms with Gasteiger partial charge in [0, 0.05) is 19.1 Å². The van der Waals surface area contributed by atoms with Crippen LogP contribution in [-0.4, -0.2) is 27.8 Å². The fourth-order valence-corrected chi connectivity index (χ4v) is 3.18. The van der Waals surface area contributed by atoms with Gasteiger partial charge in [0.05, 0.1) is 15.9 Å². The normalized spacial score (nSPS) is 17.4. The molecule has 1 heterocycles. The highest BCUT2D eigenvalue weighted by atomic mass is 79.9. The second-order valence-electron chi connectivity index (χ2n) is 5.37. The maximum atomic E-state index is 4.66. The van der Waals surface area contributed by atoms with E-state index in [0.29, 0.717) is 6.04 Å². The molecular formula is C14H24BrN3. The van der Waals surface area contributed by atoms with E-state index in [0.717, 1.165) is 25.4 Å². The molecule has 0 aromatic carbocycles. The molecule has 1 aromatic rings. The number of nitrogens with zero attached hydrogens (tertiary/aromatic N) is 3. The van der Waals surface area contributed by atoms with E-state index in [1.807, 2.05) is 0 Å². The molecule has 0 saturated heterocycles. The molecule has 2 rings (SSSR count). The first-order valence-electron chi connectivity index (χ1n) is 7.02. The van der Waals surface area contributed by atoms with Crippen LogP contribution in [0.15, 0.2) is 4.47 Å². The van der Waals surface area contributed by atoms with Gasteiger partial charge in [0.25, 0.3) is 0 Å². The second kappa shape index (κ2) is 5.74. The monoisotopic (exact) mass is 313 g/mol. The second-order valence-corrected chi connectivity index (χ2v) is 6.16. The zero-order valence-corrected chi connectivity index (χ0v) is 13.5. The number of rotatable bonds is 6. The van der Waals surface area contributed by atoms with Gasteiger partial charge in [0.1, 0.15) is 0 Å². The van der Waals surface area contributed by atoms with E-state index in [9.17, 15) is 0 Å². The van der Waals surface area contributed by atoms with Crippen molar-refractivity contribution in [3.8, 4) is 0 Å². The Bertz CT molecular complexity index is 409. The van der Waals surface area contributed by atoms with Crippen LogP contribution in [0.1, 0.15) is 45.0 Å². The fourth-order valence-electron chi connectivity index (χ4n) is 2.49. The molecule has 1 fully saturated rings. The van der Waals surface area contributed by atoms with Crippen molar-refractivity contribution in [2.24, 2.45) is 5.92 Å². The van der Waals surface area contributed by atoms with Gasteiger partial charge in [-0.3, -0.25) is 9.58 Å². The molecule has 0 bridgehead atoms. The molecule has 0 aliphatic heterocycles. The van der Waals surface area contributed by atoms with Crippen LogP contribution < -0.4 is 0 Å². The first-order valence-corrected chi connectivity index (χ1v) is 7.82. The Morgan fingerprint density at radius 1 is 1.44 bits per heavy atom. The molecule has 4 heteroatoms. The molecule has 1 aliphatic carbocycles. The van der Waals surface area contributed by atoms with E-state index < -0.39 is 0 Å². The summed E-state index contributed by atoms with van der Waals surface area (Å²) in [6, 6.07) is 0.683. The minimum absolute atomic E-state index is 0.683. The molecule has 102 valence electrons. The van der Waals surface area contributed by atoms with Gasteiger partial charge in [0.2, 0.25) is 0 Å². The van der Waals surface area contributed by atoms with Gasteiger partial charge in [-0.25, -0.2) is 0 Å². The maximum Gasteiger partial charge on any atom is 0.0767 e. The topological polar surface area (TPSA) is 21.1 Å². The Labute approximate surface area is 119 Å². The van der Waals surface area contributed by atoms with Crippen LogP contribution in [0.5, 0.6) is 0 Å². The third-order valence-electron chi connectivity index (χ3n) is 4.09. The highest BCUT2D eigenvalue weighted by molar-refractivity contribution is 9.10. The first-order chi connectivity index (χ1) is 8.58. The third-order valence-corrected chi connectivity index (χ3v) is 5.01. The van der Waals surface area contributed by atoms with Crippen LogP contribution in [-0.2, 0) is 19.5 Å². The van der Waals surface area contributed by atoms with Gasteiger partial charge < -0.3 is 0 Å². The Hall–Kier alpha value is -0.350. The average Bonchev–Trinajstić information content (AvgIpc) is 3.16. The lowest BCUT2D eigenvalue weighted by Gasteiger charge is -2.25. The van der Waals surface area contributed by atoms with Crippen LogP contribution in [0, 0.1) is 5.92 Å². The summed E-state index contributed by atoms with van der Waals surface area (Å²) in [5.74, 6) is 0.914. The number of aromatic nitrogens is 2. The summed E-state index contributed by atoms with van der Waals surface area (Å²) in [7, 11) is 2.23. The molecular weight excluding hydrogens is 290 g/mol. The number of halogens is 1. The predicted octanol–water partition coefficient (Wildman–Crippen LogP) is 3.46. The lowest BCUT2D eigenvalue weighted by atomic mass is 10.2. The summed E-state index contributed by atoms with van der Waals surface area (Å²) < 4.78 is 3.35. The molecule has 1 aromatic heterocycles. The SMILES string of the molecule is CCc1nn(CC)c(CN(C)C(C)C2CC2)c1Br. The van der Waals surface area contributed by atoms with E-state index >= 15 is 0 Å². The molecule has 0 N–H and O–H groups in total. The number of aryl methyl sites for hydroxylation is 2. The zero-order valence-electron chi connectivity index (χ0n) is 11.9. The van der Waals surface area contributed by atoms with Gasteiger partial charge in [-0.15, -0.1) is 0 Å². The summed E-state index contributed by atoms with van der Waals surface area (Å²) >= 11 is 3.72. The van der Waals surface area contributed by atoms with Crippen molar-refractivity contribution >= 4 is 15.9 Å². The lowest BCUT2D eigenvalue weighted by Crippen LogP contribution is -2.31. The van der Waals surface area contributed by atoms with Crippen molar-refractivity contribution in [3.05, 3.63) is 15.9 Å². The molecule has 1 unspecified atom stereocenters. The minimum atomic E-state index is 0.683. The summed E-state index contributed by atoms with van der Waals surface area (Å²) in [4.78, 5) is 2.46. The van der Waals surface area contributed by atoms with Crippen LogP contribution in [0.4, 0.5) is 0 Å². The molecule has 0 radical (unpaired) electrons. The molecule has 1 atom stereocenters. The summed E-state index contributed by atoms with van der Waals surface area (Å²) in [6.07, 6.45) is 3.79. The molecule has 1 aliphatic rings. The Balaban J connectivity index is 2.13. The van der Waals surface area contributed by atoms with Gasteiger partial charge in [-0.05, 0) is 62.0 Å². The average molecular weight is 314 g/mol. The molecule has 3 nitrogen and oxygen atoms in total. The van der Waals surface area contributed by atoms with Crippen molar-refractivity contribution in [3.63, 3.8) is 0 Å². The van der Waals surface area contributed by atoms with Gasteiger partial charge in [-0.1, -0.05) is 6.92 Å². The summed E-state index contributed by atoms with van der Waals surface area (Å²) in [5, 5.41) is 4.66. The largest absolute Gasteiger partial charge is 0.298 e. The number of hydrogen-bond donors (Lipinski definition) is 0. The quantitative estimate of drug-likeness (QED) is 0.802. The Kier molecular flexibility index (Phi) is 4.49. The molecule has 0 amide bonds. The Morgan fingerprint density at radius 2 is 2.11 bits per heavy atom. The minimum Gasteiger partial charge on any atom is -0.298 e. The van der Waals surface area contributed by atoms with E-state index in [1.165, 1.54) is 28.7 Å². The van der Waals surface area contributed by atoms with Crippen LogP contribution in [0.25, 0.3) is 0 Å². The predicted molar refractivity (Wildman–Crippen MR) is 78.6 cm³/mol. The van der Waals surface area contributed by atoms with Crippen LogP contribution in [0.2, 0.25) is 0 Å². The summed E-state index contributed by atoms with van der Waals surface area (Å²) in [5.41, 5.74) is 2.50. The van der Waals surface area contributed by atoms with E-state index in [-0.39, 0.29) is 0 Å².